The lowest BCUT2D eigenvalue weighted by Gasteiger charge is -2.36. The molecule has 1 aromatic heterocycles. The summed E-state index contributed by atoms with van der Waals surface area (Å²) in [5.74, 6) is 0.0758. The zero-order valence-electron chi connectivity index (χ0n) is 13.5. The number of carbonyl (C=O) groups excluding carboxylic acids is 1. The average Bonchev–Trinajstić information content (AvgIpc) is 2.45. The van der Waals surface area contributed by atoms with Crippen LogP contribution in [0.25, 0.3) is 10.9 Å². The molecule has 4 nitrogen and oxygen atoms in total. The fourth-order valence-electron chi connectivity index (χ4n) is 3.25. The smallest absolute Gasteiger partial charge is 0.255 e. The standard InChI is InChI=1S/C18H23N3O/c1-11-4-5-14-10-16(13(3)20-17(14)8-11)18(22)21-7-6-15(19)9-12(21)2/h4-5,8,10,12,15H,6-7,9,19H2,1-3H3/t12-,15-/m1/s1. The number of carbonyl (C=O) groups is 1. The summed E-state index contributed by atoms with van der Waals surface area (Å²) < 4.78 is 0. The number of piperidine rings is 1. The number of benzene rings is 1. The van der Waals surface area contributed by atoms with Gasteiger partial charge in [0.15, 0.2) is 0 Å². The van der Waals surface area contributed by atoms with E-state index in [4.69, 9.17) is 5.73 Å². The summed E-state index contributed by atoms with van der Waals surface area (Å²) in [5, 5.41) is 1.01. The van der Waals surface area contributed by atoms with Crippen LogP contribution in [-0.4, -0.2) is 34.4 Å². The minimum absolute atomic E-state index is 0.0758. The number of nitrogens with zero attached hydrogens (tertiary/aromatic N) is 2. The van der Waals surface area contributed by atoms with Crippen LogP contribution in [0, 0.1) is 13.8 Å². The summed E-state index contributed by atoms with van der Waals surface area (Å²) in [7, 11) is 0. The Labute approximate surface area is 131 Å². The van der Waals surface area contributed by atoms with Gasteiger partial charge in [-0.3, -0.25) is 9.78 Å². The highest BCUT2D eigenvalue weighted by Crippen LogP contribution is 2.23. The second kappa shape index (κ2) is 5.69. The molecule has 4 heteroatoms. The molecule has 0 saturated carbocycles. The van der Waals surface area contributed by atoms with Crippen LogP contribution in [-0.2, 0) is 0 Å². The number of rotatable bonds is 1. The Kier molecular flexibility index (Phi) is 3.87. The Morgan fingerprint density at radius 2 is 2.09 bits per heavy atom. The van der Waals surface area contributed by atoms with Crippen molar-refractivity contribution >= 4 is 16.8 Å². The zero-order valence-corrected chi connectivity index (χ0v) is 13.5. The molecule has 2 N–H and O–H groups in total. The average molecular weight is 297 g/mol. The predicted octanol–water partition coefficient (Wildman–Crippen LogP) is 2.80. The Morgan fingerprint density at radius 3 is 2.82 bits per heavy atom. The van der Waals surface area contributed by atoms with Crippen molar-refractivity contribution < 1.29 is 4.79 Å². The quantitative estimate of drug-likeness (QED) is 0.880. The molecular weight excluding hydrogens is 274 g/mol. The number of hydrogen-bond acceptors (Lipinski definition) is 3. The van der Waals surface area contributed by atoms with E-state index in [-0.39, 0.29) is 18.0 Å². The number of pyridine rings is 1. The number of likely N-dealkylation sites (tertiary alicyclic amines) is 1. The summed E-state index contributed by atoms with van der Waals surface area (Å²) in [4.78, 5) is 19.5. The van der Waals surface area contributed by atoms with Crippen molar-refractivity contribution in [3.63, 3.8) is 0 Å². The fourth-order valence-corrected chi connectivity index (χ4v) is 3.25. The van der Waals surface area contributed by atoms with Crippen molar-refractivity contribution in [1.29, 1.82) is 0 Å². The van der Waals surface area contributed by atoms with E-state index in [9.17, 15) is 4.79 Å². The Bertz CT molecular complexity index is 726. The number of hydrogen-bond donors (Lipinski definition) is 1. The number of amides is 1. The van der Waals surface area contributed by atoms with Gasteiger partial charge in [-0.05, 0) is 51.3 Å². The van der Waals surface area contributed by atoms with E-state index < -0.39 is 0 Å². The lowest BCUT2D eigenvalue weighted by Crippen LogP contribution is -2.48. The molecule has 0 radical (unpaired) electrons. The Balaban J connectivity index is 1.97. The molecule has 1 saturated heterocycles. The van der Waals surface area contributed by atoms with E-state index in [0.717, 1.165) is 36.0 Å². The summed E-state index contributed by atoms with van der Waals surface area (Å²) >= 11 is 0. The molecule has 116 valence electrons. The Morgan fingerprint density at radius 1 is 1.32 bits per heavy atom. The maximum Gasteiger partial charge on any atom is 0.255 e. The van der Waals surface area contributed by atoms with E-state index in [1.807, 2.05) is 30.9 Å². The van der Waals surface area contributed by atoms with Crippen molar-refractivity contribution in [1.82, 2.24) is 9.88 Å². The van der Waals surface area contributed by atoms with Gasteiger partial charge in [0.2, 0.25) is 0 Å². The van der Waals surface area contributed by atoms with Crippen molar-refractivity contribution in [2.24, 2.45) is 5.73 Å². The monoisotopic (exact) mass is 297 g/mol. The molecule has 3 rings (SSSR count). The fraction of sp³-hybridized carbons (Fsp3) is 0.444. The van der Waals surface area contributed by atoms with Gasteiger partial charge in [0.25, 0.3) is 5.91 Å². The van der Waals surface area contributed by atoms with E-state index >= 15 is 0 Å². The van der Waals surface area contributed by atoms with Gasteiger partial charge in [-0.25, -0.2) is 0 Å². The van der Waals surface area contributed by atoms with Gasteiger partial charge in [0.1, 0.15) is 0 Å². The van der Waals surface area contributed by atoms with Gasteiger partial charge >= 0.3 is 0 Å². The molecule has 2 heterocycles. The molecule has 0 spiro atoms. The van der Waals surface area contributed by atoms with Gasteiger partial charge in [0.05, 0.1) is 16.8 Å². The third kappa shape index (κ3) is 2.71. The van der Waals surface area contributed by atoms with Crippen LogP contribution >= 0.6 is 0 Å². The van der Waals surface area contributed by atoms with Crippen LogP contribution in [0.2, 0.25) is 0 Å². The van der Waals surface area contributed by atoms with Crippen LogP contribution < -0.4 is 5.73 Å². The van der Waals surface area contributed by atoms with Crippen molar-refractivity contribution in [2.45, 2.75) is 45.7 Å². The third-order valence-electron chi connectivity index (χ3n) is 4.57. The number of fused-ring (bicyclic) bond motifs is 1. The number of aromatic nitrogens is 1. The maximum atomic E-state index is 12.9. The molecule has 1 fully saturated rings. The first kappa shape index (κ1) is 15.0. The first-order chi connectivity index (χ1) is 10.5. The van der Waals surface area contributed by atoms with E-state index in [1.165, 1.54) is 5.56 Å². The van der Waals surface area contributed by atoms with Gasteiger partial charge in [-0.2, -0.15) is 0 Å². The van der Waals surface area contributed by atoms with Gasteiger partial charge in [0, 0.05) is 24.0 Å². The highest BCUT2D eigenvalue weighted by atomic mass is 16.2. The zero-order chi connectivity index (χ0) is 15.9. The maximum absolute atomic E-state index is 12.9. The van der Waals surface area contributed by atoms with Crippen molar-refractivity contribution in [3.05, 3.63) is 41.1 Å². The van der Waals surface area contributed by atoms with E-state index in [1.54, 1.807) is 0 Å². The normalized spacial score (nSPS) is 22.1. The van der Waals surface area contributed by atoms with Crippen LogP contribution in [0.5, 0.6) is 0 Å². The summed E-state index contributed by atoms with van der Waals surface area (Å²) in [6, 6.07) is 8.50. The molecule has 22 heavy (non-hydrogen) atoms. The third-order valence-corrected chi connectivity index (χ3v) is 4.57. The SMILES string of the molecule is Cc1ccc2cc(C(=O)N3CC[C@@H](N)C[C@H]3C)c(C)nc2c1. The molecule has 0 bridgehead atoms. The number of aryl methyl sites for hydroxylation is 2. The topological polar surface area (TPSA) is 59.2 Å². The lowest BCUT2D eigenvalue weighted by molar-refractivity contribution is 0.0618. The van der Waals surface area contributed by atoms with Crippen LogP contribution in [0.15, 0.2) is 24.3 Å². The molecule has 1 aliphatic heterocycles. The van der Waals surface area contributed by atoms with E-state index in [0.29, 0.717) is 5.56 Å². The van der Waals surface area contributed by atoms with Crippen LogP contribution in [0.4, 0.5) is 0 Å². The first-order valence-electron chi connectivity index (χ1n) is 7.90. The summed E-state index contributed by atoms with van der Waals surface area (Å²) in [5.41, 5.74) is 9.62. The molecule has 1 amide bonds. The molecule has 0 unspecified atom stereocenters. The van der Waals surface area contributed by atoms with Crippen molar-refractivity contribution in [3.8, 4) is 0 Å². The lowest BCUT2D eigenvalue weighted by atomic mass is 9.97. The summed E-state index contributed by atoms with van der Waals surface area (Å²) in [6.45, 7) is 6.76. The van der Waals surface area contributed by atoms with Crippen LogP contribution in [0.3, 0.4) is 0 Å². The molecule has 1 aliphatic rings. The first-order valence-corrected chi connectivity index (χ1v) is 7.90. The Hall–Kier alpha value is -1.94. The second-order valence-electron chi connectivity index (χ2n) is 6.45. The highest BCUT2D eigenvalue weighted by molar-refractivity contribution is 5.99. The summed E-state index contributed by atoms with van der Waals surface area (Å²) in [6.07, 6.45) is 1.74. The molecular formula is C18H23N3O. The number of nitrogens with two attached hydrogens (primary N) is 1. The largest absolute Gasteiger partial charge is 0.336 e. The van der Waals surface area contributed by atoms with Gasteiger partial charge in [-0.1, -0.05) is 12.1 Å². The molecule has 0 aliphatic carbocycles. The molecule has 2 aromatic rings. The minimum atomic E-state index is 0.0758. The van der Waals surface area contributed by atoms with Gasteiger partial charge < -0.3 is 10.6 Å². The van der Waals surface area contributed by atoms with Gasteiger partial charge in [-0.15, -0.1) is 0 Å². The molecule has 2 atom stereocenters. The molecule has 1 aromatic carbocycles. The van der Waals surface area contributed by atoms with E-state index in [2.05, 4.69) is 24.0 Å². The van der Waals surface area contributed by atoms with Crippen molar-refractivity contribution in [2.75, 3.05) is 6.54 Å². The highest BCUT2D eigenvalue weighted by Gasteiger charge is 2.28. The predicted molar refractivity (Wildman–Crippen MR) is 88.9 cm³/mol. The van der Waals surface area contributed by atoms with Crippen LogP contribution in [0.1, 0.15) is 41.4 Å². The minimum Gasteiger partial charge on any atom is -0.336 e. The second-order valence-corrected chi connectivity index (χ2v) is 6.45.